The fourth-order valence-corrected chi connectivity index (χ4v) is 9.64. The maximum Gasteiger partial charge on any atom is 0.00359 e. The van der Waals surface area contributed by atoms with Gasteiger partial charge in [0.05, 0.1) is 0 Å². The van der Waals surface area contributed by atoms with Crippen molar-refractivity contribution in [3.8, 4) is 0 Å². The van der Waals surface area contributed by atoms with Crippen LogP contribution in [-0.4, -0.2) is 0 Å². The Balaban J connectivity index is 1.33. The average Bonchev–Trinajstić information content (AvgIpc) is 2.94. The fraction of sp³-hybridized carbons (Fsp3) is 0.263. The first-order chi connectivity index (χ1) is 18.7. The van der Waals surface area contributed by atoms with E-state index in [4.69, 9.17) is 0 Å². The molecule has 0 aliphatic heterocycles. The van der Waals surface area contributed by atoms with E-state index in [0.29, 0.717) is 5.92 Å². The molecule has 4 saturated carbocycles. The van der Waals surface area contributed by atoms with Crippen molar-refractivity contribution < 1.29 is 0 Å². The SMILES string of the molecule is c1ccc2cc3c(C4C5CC6CC(C5)CC4(c4cccc5cc7ccccc7cc45)C6)cccc3cc2c1. The Hall–Kier alpha value is -3.64. The van der Waals surface area contributed by atoms with Crippen LogP contribution in [0.1, 0.15) is 49.1 Å². The van der Waals surface area contributed by atoms with Gasteiger partial charge in [0.1, 0.15) is 0 Å². The van der Waals surface area contributed by atoms with Crippen molar-refractivity contribution in [3.05, 3.63) is 120 Å². The lowest BCUT2D eigenvalue weighted by Gasteiger charge is -2.62. The summed E-state index contributed by atoms with van der Waals surface area (Å²) in [6.45, 7) is 0. The van der Waals surface area contributed by atoms with Crippen molar-refractivity contribution in [1.82, 2.24) is 0 Å². The van der Waals surface area contributed by atoms with Crippen molar-refractivity contribution in [2.24, 2.45) is 17.8 Å². The van der Waals surface area contributed by atoms with Crippen LogP contribution in [0.5, 0.6) is 0 Å². The molecule has 6 aromatic rings. The second kappa shape index (κ2) is 7.70. The molecule has 4 fully saturated rings. The largest absolute Gasteiger partial charge is 0.0616 e. The lowest BCUT2D eigenvalue weighted by atomic mass is 9.42. The van der Waals surface area contributed by atoms with Gasteiger partial charge in [-0.25, -0.2) is 0 Å². The van der Waals surface area contributed by atoms with Crippen LogP contribution in [0, 0.1) is 17.8 Å². The zero-order chi connectivity index (χ0) is 24.8. The second-order valence-corrected chi connectivity index (χ2v) is 12.7. The third kappa shape index (κ3) is 2.92. The quantitative estimate of drug-likeness (QED) is 0.213. The summed E-state index contributed by atoms with van der Waals surface area (Å²) in [5.41, 5.74) is 3.45. The molecule has 0 N–H and O–H groups in total. The van der Waals surface area contributed by atoms with Gasteiger partial charge in [-0.2, -0.15) is 0 Å². The highest BCUT2D eigenvalue weighted by molar-refractivity contribution is 6.01. The normalized spacial score (nSPS) is 28.1. The van der Waals surface area contributed by atoms with Gasteiger partial charge in [-0.15, -0.1) is 0 Å². The first-order valence-electron chi connectivity index (χ1n) is 14.6. The molecule has 184 valence electrons. The smallest absolute Gasteiger partial charge is 0.00359 e. The van der Waals surface area contributed by atoms with Gasteiger partial charge in [-0.3, -0.25) is 0 Å². The Morgan fingerprint density at radius 2 is 1.00 bits per heavy atom. The highest BCUT2D eigenvalue weighted by Gasteiger charge is 2.58. The third-order valence-electron chi connectivity index (χ3n) is 10.7. The molecular formula is C38H32. The summed E-state index contributed by atoms with van der Waals surface area (Å²) >= 11 is 0. The summed E-state index contributed by atoms with van der Waals surface area (Å²) in [6.07, 6.45) is 6.99. The Kier molecular flexibility index (Phi) is 4.32. The maximum absolute atomic E-state index is 2.51. The number of hydrogen-bond acceptors (Lipinski definition) is 0. The van der Waals surface area contributed by atoms with E-state index >= 15 is 0 Å². The van der Waals surface area contributed by atoms with Crippen LogP contribution in [0.2, 0.25) is 0 Å². The zero-order valence-corrected chi connectivity index (χ0v) is 21.7. The lowest BCUT2D eigenvalue weighted by molar-refractivity contribution is -0.0269. The highest BCUT2D eigenvalue weighted by Crippen LogP contribution is 2.67. The lowest BCUT2D eigenvalue weighted by Crippen LogP contribution is -2.54. The minimum absolute atomic E-state index is 0.219. The van der Waals surface area contributed by atoms with Crippen molar-refractivity contribution >= 4 is 43.1 Å². The molecule has 6 aromatic carbocycles. The molecule has 0 saturated heterocycles. The monoisotopic (exact) mass is 488 g/mol. The van der Waals surface area contributed by atoms with E-state index in [1.807, 2.05) is 0 Å². The summed E-state index contributed by atoms with van der Waals surface area (Å²) in [7, 11) is 0. The Morgan fingerprint density at radius 3 is 1.66 bits per heavy atom. The van der Waals surface area contributed by atoms with Gasteiger partial charge in [0.2, 0.25) is 0 Å². The molecule has 38 heavy (non-hydrogen) atoms. The molecule has 0 heterocycles. The van der Waals surface area contributed by atoms with Gasteiger partial charge in [-0.05, 0) is 134 Å². The minimum Gasteiger partial charge on any atom is -0.0616 e. The van der Waals surface area contributed by atoms with Crippen LogP contribution in [0.25, 0.3) is 43.1 Å². The van der Waals surface area contributed by atoms with Crippen LogP contribution < -0.4 is 0 Å². The van der Waals surface area contributed by atoms with E-state index in [1.54, 1.807) is 11.1 Å². The molecule has 0 radical (unpaired) electrons. The minimum atomic E-state index is 0.219. The molecule has 0 amide bonds. The van der Waals surface area contributed by atoms with Crippen LogP contribution >= 0.6 is 0 Å². The van der Waals surface area contributed by atoms with Crippen LogP contribution in [0.4, 0.5) is 0 Å². The molecule has 0 heteroatoms. The first kappa shape index (κ1) is 21.3. The zero-order valence-electron chi connectivity index (χ0n) is 21.7. The molecular weight excluding hydrogens is 456 g/mol. The molecule has 0 aromatic heterocycles. The van der Waals surface area contributed by atoms with Crippen molar-refractivity contribution in [1.29, 1.82) is 0 Å². The van der Waals surface area contributed by atoms with Crippen LogP contribution in [0.15, 0.2) is 109 Å². The van der Waals surface area contributed by atoms with Crippen molar-refractivity contribution in [3.63, 3.8) is 0 Å². The Bertz CT molecular complexity index is 1880. The summed E-state index contributed by atoms with van der Waals surface area (Å²) in [6, 6.07) is 42.0. The summed E-state index contributed by atoms with van der Waals surface area (Å²) in [5, 5.41) is 11.2. The molecule has 10 rings (SSSR count). The molecule has 3 atom stereocenters. The average molecular weight is 489 g/mol. The number of rotatable bonds is 2. The fourth-order valence-electron chi connectivity index (χ4n) is 9.64. The Labute approximate surface area is 224 Å². The number of hydrogen-bond donors (Lipinski definition) is 0. The van der Waals surface area contributed by atoms with E-state index in [-0.39, 0.29) is 5.41 Å². The van der Waals surface area contributed by atoms with E-state index in [0.717, 1.165) is 17.8 Å². The van der Waals surface area contributed by atoms with Gasteiger partial charge in [-0.1, -0.05) is 84.9 Å². The predicted octanol–water partition coefficient (Wildman–Crippen LogP) is 10.2. The summed E-state index contributed by atoms with van der Waals surface area (Å²) < 4.78 is 0. The number of benzene rings is 6. The van der Waals surface area contributed by atoms with E-state index in [1.165, 1.54) is 75.2 Å². The van der Waals surface area contributed by atoms with Crippen molar-refractivity contribution in [2.75, 3.05) is 0 Å². The molecule has 3 unspecified atom stereocenters. The molecule has 4 bridgehead atoms. The highest BCUT2D eigenvalue weighted by atomic mass is 14.6. The van der Waals surface area contributed by atoms with Crippen LogP contribution in [-0.2, 0) is 5.41 Å². The molecule has 0 spiro atoms. The van der Waals surface area contributed by atoms with Crippen LogP contribution in [0.3, 0.4) is 0 Å². The van der Waals surface area contributed by atoms with E-state index in [2.05, 4.69) is 109 Å². The standard InChI is InChI=1S/C38H32/c1-3-9-28-20-34-30(18-26(28)7-1)11-5-13-33(34)37-32-16-24-15-25(17-32)23-38(37,22-24)36-14-6-12-31-19-27-8-2-4-10-29(27)21-35(31)36/h1-14,18-21,24-25,32,37H,15-17,22-23H2. The molecule has 0 nitrogen and oxygen atoms in total. The van der Waals surface area contributed by atoms with Gasteiger partial charge in [0.15, 0.2) is 0 Å². The van der Waals surface area contributed by atoms with Gasteiger partial charge in [0.25, 0.3) is 0 Å². The first-order valence-corrected chi connectivity index (χ1v) is 14.6. The molecule has 4 aliphatic rings. The predicted molar refractivity (Wildman–Crippen MR) is 161 cm³/mol. The van der Waals surface area contributed by atoms with E-state index in [9.17, 15) is 0 Å². The van der Waals surface area contributed by atoms with Gasteiger partial charge >= 0.3 is 0 Å². The maximum atomic E-state index is 2.51. The topological polar surface area (TPSA) is 0 Å². The Morgan fingerprint density at radius 1 is 0.474 bits per heavy atom. The third-order valence-corrected chi connectivity index (χ3v) is 10.7. The summed E-state index contributed by atoms with van der Waals surface area (Å²) in [5.74, 6) is 3.14. The van der Waals surface area contributed by atoms with Gasteiger partial charge in [0, 0.05) is 5.41 Å². The van der Waals surface area contributed by atoms with E-state index < -0.39 is 0 Å². The van der Waals surface area contributed by atoms with Crippen molar-refractivity contribution in [2.45, 2.75) is 43.4 Å². The second-order valence-electron chi connectivity index (χ2n) is 12.7. The number of fused-ring (bicyclic) bond motifs is 4. The summed E-state index contributed by atoms with van der Waals surface area (Å²) in [4.78, 5) is 0. The van der Waals surface area contributed by atoms with Gasteiger partial charge < -0.3 is 0 Å². The molecule has 4 aliphatic carbocycles.